The fourth-order valence-corrected chi connectivity index (χ4v) is 4.18. The number of benzene rings is 2. The second-order valence-corrected chi connectivity index (χ2v) is 9.74. The van der Waals surface area contributed by atoms with Gasteiger partial charge in [-0.25, -0.2) is 0 Å². The zero-order valence-electron chi connectivity index (χ0n) is 16.1. The van der Waals surface area contributed by atoms with Crippen molar-refractivity contribution in [1.82, 2.24) is 20.5 Å². The molecule has 3 N–H and O–H groups in total. The third-order valence-electron chi connectivity index (χ3n) is 4.61. The number of para-hydroxylation sites is 1. The molecule has 0 fully saturated rings. The average molecular weight is 379 g/mol. The van der Waals surface area contributed by atoms with Gasteiger partial charge in [-0.1, -0.05) is 51.1 Å². The first-order chi connectivity index (χ1) is 13.0. The van der Waals surface area contributed by atoms with Gasteiger partial charge in [0.15, 0.2) is 0 Å². The Kier molecular flexibility index (Phi) is 4.98. The molecular weight excluding hydrogens is 352 g/mol. The monoisotopic (exact) mass is 378 g/mol. The molecule has 0 aliphatic carbocycles. The van der Waals surface area contributed by atoms with E-state index >= 15 is 0 Å². The van der Waals surface area contributed by atoms with E-state index in [1.807, 2.05) is 17.8 Å². The molecule has 4 nitrogen and oxygen atoms in total. The Hall–Kier alpha value is -2.24. The smallest absolute Gasteiger partial charge is 0.116 e. The fourth-order valence-electron chi connectivity index (χ4n) is 3.32. The van der Waals surface area contributed by atoms with Crippen molar-refractivity contribution >= 4 is 33.6 Å². The van der Waals surface area contributed by atoms with Crippen molar-refractivity contribution in [2.75, 3.05) is 12.3 Å². The van der Waals surface area contributed by atoms with Crippen molar-refractivity contribution in [2.45, 2.75) is 32.1 Å². The Morgan fingerprint density at radius 3 is 2.67 bits per heavy atom. The van der Waals surface area contributed by atoms with Crippen LogP contribution in [0.15, 0.2) is 48.5 Å². The summed E-state index contributed by atoms with van der Waals surface area (Å²) in [7, 11) is 0. The normalized spacial score (nSPS) is 12.3. The first-order valence-corrected chi connectivity index (χ1v) is 10.4. The Labute approximate surface area is 164 Å². The maximum Gasteiger partial charge on any atom is 0.116 e. The summed E-state index contributed by atoms with van der Waals surface area (Å²) >= 11 is 2.00. The zero-order valence-corrected chi connectivity index (χ0v) is 16.9. The summed E-state index contributed by atoms with van der Waals surface area (Å²) in [6, 6.07) is 16.9. The Morgan fingerprint density at radius 1 is 1.00 bits per heavy atom. The molecule has 0 radical (unpaired) electrons. The lowest BCUT2D eigenvalue weighted by Crippen LogP contribution is -2.19. The number of aromatic amines is 2. The molecule has 0 aliphatic rings. The summed E-state index contributed by atoms with van der Waals surface area (Å²) in [6.07, 6.45) is 0. The van der Waals surface area contributed by atoms with Gasteiger partial charge in [0.1, 0.15) is 5.69 Å². The molecule has 4 aromatic rings. The van der Waals surface area contributed by atoms with Gasteiger partial charge in [0, 0.05) is 39.9 Å². The number of hydrogen-bond donors (Lipinski definition) is 3. The van der Waals surface area contributed by atoms with Crippen LogP contribution in [0.3, 0.4) is 0 Å². The molecule has 5 heteroatoms. The maximum atomic E-state index is 4.53. The average Bonchev–Trinajstić information content (AvgIpc) is 3.24. The number of nitrogens with one attached hydrogen (secondary N) is 3. The predicted molar refractivity (Wildman–Crippen MR) is 117 cm³/mol. The molecule has 0 aliphatic heterocycles. The van der Waals surface area contributed by atoms with E-state index in [1.54, 1.807) is 0 Å². The maximum absolute atomic E-state index is 4.53. The molecule has 2 heterocycles. The third-order valence-corrected chi connectivity index (χ3v) is 5.88. The number of aromatic nitrogens is 3. The lowest BCUT2D eigenvalue weighted by Gasteiger charge is -2.17. The zero-order chi connectivity index (χ0) is 18.9. The quantitative estimate of drug-likeness (QED) is 0.397. The van der Waals surface area contributed by atoms with E-state index in [1.165, 1.54) is 10.9 Å². The van der Waals surface area contributed by atoms with E-state index in [4.69, 9.17) is 0 Å². The predicted octanol–water partition coefficient (Wildman–Crippen LogP) is 5.33. The highest BCUT2D eigenvalue weighted by molar-refractivity contribution is 8.00. The van der Waals surface area contributed by atoms with Gasteiger partial charge in [0.2, 0.25) is 0 Å². The van der Waals surface area contributed by atoms with Crippen LogP contribution in [0.4, 0.5) is 0 Å². The number of nitrogens with zero attached hydrogens (tertiary/aromatic N) is 1. The molecule has 2 aromatic heterocycles. The highest BCUT2D eigenvalue weighted by Crippen LogP contribution is 2.30. The van der Waals surface area contributed by atoms with Crippen molar-refractivity contribution < 1.29 is 0 Å². The topological polar surface area (TPSA) is 56.5 Å². The lowest BCUT2D eigenvalue weighted by atomic mass is 10.1. The van der Waals surface area contributed by atoms with Gasteiger partial charge in [0.25, 0.3) is 0 Å². The van der Waals surface area contributed by atoms with Crippen LogP contribution in [0, 0.1) is 0 Å². The summed E-state index contributed by atoms with van der Waals surface area (Å²) in [5.74, 6) is 1.12. The first kappa shape index (κ1) is 18.1. The Bertz CT molecular complexity index is 1050. The molecule has 2 aromatic carbocycles. The Morgan fingerprint density at radius 2 is 1.81 bits per heavy atom. The van der Waals surface area contributed by atoms with Gasteiger partial charge in [-0.2, -0.15) is 16.9 Å². The second-order valence-electron chi connectivity index (χ2n) is 7.82. The molecular formula is C22H26N4S. The van der Waals surface area contributed by atoms with E-state index in [2.05, 4.69) is 83.7 Å². The SMILES string of the molecule is CC(C)(C)SCCNCc1cccc2[nH]c(-c3n[nH]c4ccccc34)cc12. The van der Waals surface area contributed by atoms with Gasteiger partial charge in [0.05, 0.1) is 11.2 Å². The summed E-state index contributed by atoms with van der Waals surface area (Å²) in [5.41, 5.74) is 5.56. The number of fused-ring (bicyclic) bond motifs is 2. The van der Waals surface area contributed by atoms with E-state index in [0.29, 0.717) is 4.75 Å². The summed E-state index contributed by atoms with van der Waals surface area (Å²) in [6.45, 7) is 8.68. The second kappa shape index (κ2) is 7.41. The van der Waals surface area contributed by atoms with Crippen molar-refractivity contribution in [3.63, 3.8) is 0 Å². The van der Waals surface area contributed by atoms with Crippen LogP contribution in [0.25, 0.3) is 33.2 Å². The molecule has 0 atom stereocenters. The molecule has 0 saturated heterocycles. The van der Waals surface area contributed by atoms with Crippen LogP contribution in [-0.4, -0.2) is 32.2 Å². The number of thioether (sulfide) groups is 1. The molecule has 0 amide bonds. The highest BCUT2D eigenvalue weighted by Gasteiger charge is 2.12. The lowest BCUT2D eigenvalue weighted by molar-refractivity contribution is 0.729. The molecule has 0 spiro atoms. The van der Waals surface area contributed by atoms with Crippen LogP contribution in [0.5, 0.6) is 0 Å². The van der Waals surface area contributed by atoms with Crippen LogP contribution < -0.4 is 5.32 Å². The van der Waals surface area contributed by atoms with E-state index in [0.717, 1.165) is 46.6 Å². The van der Waals surface area contributed by atoms with Gasteiger partial charge in [-0.3, -0.25) is 5.10 Å². The molecule has 4 rings (SSSR count). The number of rotatable bonds is 6. The number of hydrogen-bond acceptors (Lipinski definition) is 3. The molecule has 140 valence electrons. The third kappa shape index (κ3) is 4.04. The first-order valence-electron chi connectivity index (χ1n) is 9.40. The van der Waals surface area contributed by atoms with Crippen molar-refractivity contribution in [2.24, 2.45) is 0 Å². The van der Waals surface area contributed by atoms with Crippen molar-refractivity contribution in [1.29, 1.82) is 0 Å². The van der Waals surface area contributed by atoms with Crippen LogP contribution in [0.1, 0.15) is 26.3 Å². The van der Waals surface area contributed by atoms with Crippen LogP contribution >= 0.6 is 11.8 Å². The number of H-pyrrole nitrogens is 2. The Balaban J connectivity index is 1.54. The van der Waals surface area contributed by atoms with Gasteiger partial charge >= 0.3 is 0 Å². The fraction of sp³-hybridized carbons (Fsp3) is 0.318. The van der Waals surface area contributed by atoms with Gasteiger partial charge in [-0.05, 0) is 23.8 Å². The summed E-state index contributed by atoms with van der Waals surface area (Å²) in [5, 5.41) is 13.6. The molecule has 0 unspecified atom stereocenters. The van der Waals surface area contributed by atoms with Crippen molar-refractivity contribution in [3.05, 3.63) is 54.1 Å². The highest BCUT2D eigenvalue weighted by atomic mass is 32.2. The van der Waals surface area contributed by atoms with E-state index < -0.39 is 0 Å². The van der Waals surface area contributed by atoms with E-state index in [-0.39, 0.29) is 0 Å². The van der Waals surface area contributed by atoms with Gasteiger partial charge in [-0.15, -0.1) is 0 Å². The minimum atomic E-state index is 0.323. The molecule has 27 heavy (non-hydrogen) atoms. The minimum absolute atomic E-state index is 0.323. The molecule has 0 bridgehead atoms. The van der Waals surface area contributed by atoms with Gasteiger partial charge < -0.3 is 10.3 Å². The minimum Gasteiger partial charge on any atom is -0.353 e. The van der Waals surface area contributed by atoms with E-state index in [9.17, 15) is 0 Å². The summed E-state index contributed by atoms with van der Waals surface area (Å²) in [4.78, 5) is 3.54. The molecule has 0 saturated carbocycles. The van der Waals surface area contributed by atoms with Crippen molar-refractivity contribution in [3.8, 4) is 11.4 Å². The van der Waals surface area contributed by atoms with Crippen LogP contribution in [-0.2, 0) is 6.54 Å². The van der Waals surface area contributed by atoms with Crippen LogP contribution in [0.2, 0.25) is 0 Å². The summed E-state index contributed by atoms with van der Waals surface area (Å²) < 4.78 is 0.323. The largest absolute Gasteiger partial charge is 0.353 e. The standard InChI is InChI=1S/C22H26N4S/c1-22(2,3)27-12-11-23-14-15-7-6-10-18-17(15)13-20(24-18)21-16-8-4-5-9-19(16)25-26-21/h4-10,13,23-24H,11-12,14H2,1-3H3,(H,25,26).